The third kappa shape index (κ3) is 6.20. The second-order valence-corrected chi connectivity index (χ2v) is 11.2. The van der Waals surface area contributed by atoms with Crippen LogP contribution in [0.4, 0.5) is 30.7 Å². The molecule has 0 spiro atoms. The number of carboxylic acids is 1. The van der Waals surface area contributed by atoms with Crippen molar-refractivity contribution in [2.45, 2.75) is 38.3 Å². The highest BCUT2D eigenvalue weighted by atomic mass is 32.1. The molecule has 0 amide bonds. The van der Waals surface area contributed by atoms with Gasteiger partial charge in [-0.1, -0.05) is 0 Å². The molecule has 1 fully saturated rings. The maximum absolute atomic E-state index is 15.4. The molecule has 0 radical (unpaired) electrons. The minimum absolute atomic E-state index is 0.107. The molecule has 4 heterocycles. The van der Waals surface area contributed by atoms with Crippen molar-refractivity contribution in [1.29, 1.82) is 0 Å². The van der Waals surface area contributed by atoms with Gasteiger partial charge in [0.25, 0.3) is 5.88 Å². The quantitative estimate of drug-likeness (QED) is 0.175. The monoisotopic (exact) mass is 652 g/mol. The van der Waals surface area contributed by atoms with E-state index in [1.54, 1.807) is 0 Å². The van der Waals surface area contributed by atoms with E-state index in [2.05, 4.69) is 15.0 Å². The van der Waals surface area contributed by atoms with Crippen LogP contribution in [0.5, 0.6) is 5.88 Å². The van der Waals surface area contributed by atoms with E-state index in [-0.39, 0.29) is 63.3 Å². The fraction of sp³-hybridized carbons (Fsp3) is 0.241. The number of aromatic carboxylic acids is 1. The van der Waals surface area contributed by atoms with Gasteiger partial charge in [-0.3, -0.25) is 0 Å². The highest BCUT2D eigenvalue weighted by Gasteiger charge is 2.33. The summed E-state index contributed by atoms with van der Waals surface area (Å²) in [6.07, 6.45) is -3.86. The lowest BCUT2D eigenvalue weighted by Gasteiger charge is -2.27. The van der Waals surface area contributed by atoms with E-state index in [9.17, 15) is 31.9 Å². The van der Waals surface area contributed by atoms with E-state index in [0.29, 0.717) is 30.6 Å². The second-order valence-electron chi connectivity index (χ2n) is 10.0. The first-order chi connectivity index (χ1) is 21.4. The lowest BCUT2D eigenvalue weighted by atomic mass is 10.0. The van der Waals surface area contributed by atoms with Crippen LogP contribution in [-0.2, 0) is 30.5 Å². The lowest BCUT2D eigenvalue weighted by molar-refractivity contribution is -0.134. The number of benzene rings is 2. The highest BCUT2D eigenvalue weighted by molar-refractivity contribution is 7.11. The van der Waals surface area contributed by atoms with Crippen molar-refractivity contribution < 1.29 is 50.1 Å². The zero-order chi connectivity index (χ0) is 32.0. The van der Waals surface area contributed by atoms with Crippen molar-refractivity contribution in [3.05, 3.63) is 92.7 Å². The van der Waals surface area contributed by atoms with Gasteiger partial charge >= 0.3 is 12.1 Å². The average molecular weight is 653 g/mol. The number of nitrogens with zero attached hydrogens (tertiary/aromatic N) is 4. The minimum Gasteiger partial charge on any atom is -0.478 e. The van der Waals surface area contributed by atoms with Gasteiger partial charge in [0.15, 0.2) is 11.6 Å². The van der Waals surface area contributed by atoms with Gasteiger partial charge in [-0.2, -0.15) is 13.2 Å². The number of pyridine rings is 1. The molecule has 0 unspecified atom stereocenters. The molecule has 45 heavy (non-hydrogen) atoms. The number of halogens is 7. The number of aromatic nitrogens is 4. The fourth-order valence-corrected chi connectivity index (χ4v) is 5.42. The average Bonchev–Trinajstić information content (AvgIpc) is 3.57. The molecule has 0 bridgehead atoms. The van der Waals surface area contributed by atoms with Gasteiger partial charge in [-0.25, -0.2) is 37.3 Å². The van der Waals surface area contributed by atoms with Crippen molar-refractivity contribution in [2.24, 2.45) is 0 Å². The molecule has 234 valence electrons. The summed E-state index contributed by atoms with van der Waals surface area (Å²) in [7, 11) is 0. The van der Waals surface area contributed by atoms with E-state index >= 15 is 8.78 Å². The molecule has 0 saturated carbocycles. The zero-order valence-corrected chi connectivity index (χ0v) is 23.5. The van der Waals surface area contributed by atoms with Gasteiger partial charge < -0.3 is 19.1 Å². The predicted octanol–water partition coefficient (Wildman–Crippen LogP) is 6.79. The summed E-state index contributed by atoms with van der Waals surface area (Å²) >= 11 is 0.303. The zero-order valence-electron chi connectivity index (χ0n) is 22.7. The Balaban J connectivity index is 1.28. The third-order valence-corrected chi connectivity index (χ3v) is 8.07. The first kappa shape index (κ1) is 30.5. The molecular formula is C29H19F7N4O4S. The molecule has 1 atom stereocenters. The number of hydrogen-bond donors (Lipinski definition) is 1. The van der Waals surface area contributed by atoms with E-state index in [1.165, 1.54) is 10.6 Å². The summed E-state index contributed by atoms with van der Waals surface area (Å²) in [6, 6.07) is 5.75. The summed E-state index contributed by atoms with van der Waals surface area (Å²) in [4.78, 5) is 22.3. The molecule has 1 aliphatic heterocycles. The number of ether oxygens (including phenoxy) is 2. The molecule has 1 saturated heterocycles. The molecule has 3 aromatic heterocycles. The first-order valence-corrected chi connectivity index (χ1v) is 14.0. The number of alkyl halides is 3. The summed E-state index contributed by atoms with van der Waals surface area (Å²) < 4.78 is 111. The molecule has 1 N–H and O–H groups in total. The number of fused-ring (bicyclic) bond motifs is 1. The normalized spacial score (nSPS) is 15.0. The van der Waals surface area contributed by atoms with Crippen molar-refractivity contribution in [3.63, 3.8) is 0 Å². The van der Waals surface area contributed by atoms with Crippen molar-refractivity contribution in [3.8, 4) is 17.1 Å². The number of hydrogen-bond acceptors (Lipinski definition) is 7. The van der Waals surface area contributed by atoms with Crippen LogP contribution in [0.1, 0.15) is 38.1 Å². The van der Waals surface area contributed by atoms with Gasteiger partial charge in [0.2, 0.25) is 0 Å². The first-order valence-electron chi connectivity index (χ1n) is 13.2. The summed E-state index contributed by atoms with van der Waals surface area (Å²) in [6.45, 7) is 0.138. The molecule has 5 aromatic rings. The summed E-state index contributed by atoms with van der Waals surface area (Å²) in [5, 5.41) is 9.28. The van der Waals surface area contributed by atoms with Crippen LogP contribution in [0.3, 0.4) is 0 Å². The summed E-state index contributed by atoms with van der Waals surface area (Å²) in [5.41, 5.74) is -1.03. The second kappa shape index (κ2) is 11.7. The SMILES string of the molecule is O=C(O)c1cc(F)c2nc(Cc3cc(F)c(-c4ccc(F)c(OCc5ncc(C(F)(F)F)s5)n4)cc3F)n(C[C@@H]3CCO3)c2c1. The standard InChI is InChI=1S/C29H19F7N4O4S/c30-17-1-2-21(38-27(17)44-12-25-37-10-23(45-25)29(34,35)36)16-9-18(31)13(5-19(16)32)8-24-39-26-20(33)6-14(28(41)42)7-22(26)40(24)11-15-3-4-43-15/h1-2,5-7,9-10,15H,3-4,8,11-12H2,(H,41,42)/t15-/m0/s1. The van der Waals surface area contributed by atoms with Crippen molar-refractivity contribution in [2.75, 3.05) is 6.61 Å². The Kier molecular flexibility index (Phi) is 7.95. The number of carbonyl (C=O) groups is 1. The molecule has 0 aliphatic carbocycles. The minimum atomic E-state index is -4.61. The molecule has 6 rings (SSSR count). The van der Waals surface area contributed by atoms with Crippen LogP contribution in [0.25, 0.3) is 22.3 Å². The fourth-order valence-electron chi connectivity index (χ4n) is 4.73. The van der Waals surface area contributed by atoms with Gasteiger partial charge in [-0.05, 0) is 48.4 Å². The molecule has 16 heteroatoms. The van der Waals surface area contributed by atoms with Crippen LogP contribution in [0, 0.1) is 23.3 Å². The van der Waals surface area contributed by atoms with Gasteiger partial charge in [0, 0.05) is 18.6 Å². The Hall–Kier alpha value is -4.57. The van der Waals surface area contributed by atoms with Gasteiger partial charge in [0.1, 0.15) is 39.5 Å². The predicted molar refractivity (Wildman–Crippen MR) is 145 cm³/mol. The van der Waals surface area contributed by atoms with E-state index in [4.69, 9.17) is 9.47 Å². The molecule has 2 aromatic carbocycles. The van der Waals surface area contributed by atoms with Crippen LogP contribution < -0.4 is 4.74 Å². The molecule has 1 aliphatic rings. The smallest absolute Gasteiger partial charge is 0.427 e. The number of rotatable bonds is 9. The topological polar surface area (TPSA) is 99.4 Å². The van der Waals surface area contributed by atoms with Crippen LogP contribution in [-0.4, -0.2) is 43.3 Å². The van der Waals surface area contributed by atoms with E-state index in [0.717, 1.165) is 30.3 Å². The lowest BCUT2D eigenvalue weighted by Crippen LogP contribution is -2.31. The van der Waals surface area contributed by atoms with Crippen molar-refractivity contribution >= 4 is 28.3 Å². The summed E-state index contributed by atoms with van der Waals surface area (Å²) in [5.74, 6) is -5.60. The molecule has 8 nitrogen and oxygen atoms in total. The third-order valence-electron chi connectivity index (χ3n) is 7.05. The van der Waals surface area contributed by atoms with Gasteiger partial charge in [-0.15, -0.1) is 11.3 Å². The Morgan fingerprint density at radius 2 is 1.82 bits per heavy atom. The Bertz CT molecular complexity index is 1940. The largest absolute Gasteiger partial charge is 0.478 e. The van der Waals surface area contributed by atoms with Crippen LogP contribution >= 0.6 is 11.3 Å². The van der Waals surface area contributed by atoms with Crippen molar-refractivity contribution in [1.82, 2.24) is 19.5 Å². The highest BCUT2D eigenvalue weighted by Crippen LogP contribution is 2.34. The Morgan fingerprint density at radius 3 is 2.49 bits per heavy atom. The van der Waals surface area contributed by atoms with Crippen LogP contribution in [0.2, 0.25) is 0 Å². The number of thiazole rings is 1. The van der Waals surface area contributed by atoms with E-state index < -0.39 is 52.8 Å². The maximum Gasteiger partial charge on any atom is 0.427 e. The Morgan fingerprint density at radius 1 is 1.04 bits per heavy atom. The number of imidazole rings is 1. The maximum atomic E-state index is 15.4. The van der Waals surface area contributed by atoms with Crippen LogP contribution in [0.15, 0.2) is 42.6 Å². The molecular weight excluding hydrogens is 633 g/mol. The van der Waals surface area contributed by atoms with E-state index in [1.807, 2.05) is 0 Å². The Labute approximate surface area is 252 Å². The van der Waals surface area contributed by atoms with Gasteiger partial charge in [0.05, 0.1) is 35.6 Å². The number of carboxylic acid groups (broad SMARTS) is 1.